The molecule has 0 saturated carbocycles. The van der Waals surface area contributed by atoms with Crippen LogP contribution in [0.15, 0.2) is 23.8 Å². The standard InChI is InChI=1S/C14H15N3O4/c1-2-20-12-6-9(5-10(7-15)14(17)19)3-4-11(12)21-8-13(16)18/h3-6H,2,8H2,1H3,(H2,16,18)(H2,17,19). The van der Waals surface area contributed by atoms with Crippen LogP contribution < -0.4 is 20.9 Å². The molecule has 0 aliphatic heterocycles. The molecule has 2 amide bonds. The molecule has 1 aromatic carbocycles. The van der Waals surface area contributed by atoms with Crippen LogP contribution >= 0.6 is 0 Å². The van der Waals surface area contributed by atoms with E-state index in [1.165, 1.54) is 6.08 Å². The van der Waals surface area contributed by atoms with Crippen LogP contribution in [0.25, 0.3) is 6.08 Å². The zero-order valence-electron chi connectivity index (χ0n) is 11.5. The highest BCUT2D eigenvalue weighted by atomic mass is 16.5. The molecule has 7 heteroatoms. The number of rotatable bonds is 7. The molecule has 110 valence electrons. The van der Waals surface area contributed by atoms with Gasteiger partial charge in [-0.2, -0.15) is 5.26 Å². The number of nitriles is 1. The second-order valence-corrected chi connectivity index (χ2v) is 3.93. The van der Waals surface area contributed by atoms with Crippen molar-refractivity contribution in [3.05, 3.63) is 29.3 Å². The summed E-state index contributed by atoms with van der Waals surface area (Å²) in [5, 5.41) is 8.80. The molecule has 0 spiro atoms. The first kappa shape index (κ1) is 16.0. The second kappa shape index (κ2) is 7.55. The van der Waals surface area contributed by atoms with Crippen LogP contribution in [0.4, 0.5) is 0 Å². The first-order valence-corrected chi connectivity index (χ1v) is 6.07. The van der Waals surface area contributed by atoms with Crippen molar-refractivity contribution in [3.8, 4) is 17.6 Å². The Morgan fingerprint density at radius 2 is 2.00 bits per heavy atom. The highest BCUT2D eigenvalue weighted by Gasteiger charge is 2.09. The van der Waals surface area contributed by atoms with Crippen molar-refractivity contribution in [2.45, 2.75) is 6.92 Å². The molecule has 0 radical (unpaired) electrons. The van der Waals surface area contributed by atoms with Crippen LogP contribution in [-0.2, 0) is 9.59 Å². The van der Waals surface area contributed by atoms with Gasteiger partial charge in [0.05, 0.1) is 6.61 Å². The Kier molecular flexibility index (Phi) is 5.77. The molecule has 0 atom stereocenters. The van der Waals surface area contributed by atoms with Gasteiger partial charge in [-0.1, -0.05) is 6.07 Å². The van der Waals surface area contributed by atoms with E-state index in [9.17, 15) is 9.59 Å². The monoisotopic (exact) mass is 289 g/mol. The molecule has 21 heavy (non-hydrogen) atoms. The maximum atomic E-state index is 11.0. The van der Waals surface area contributed by atoms with E-state index in [0.29, 0.717) is 23.7 Å². The predicted octanol–water partition coefficient (Wildman–Crippen LogP) is 0.342. The zero-order chi connectivity index (χ0) is 15.8. The molecule has 0 unspecified atom stereocenters. The lowest BCUT2D eigenvalue weighted by molar-refractivity contribution is -0.120. The van der Waals surface area contributed by atoms with E-state index in [0.717, 1.165) is 0 Å². The van der Waals surface area contributed by atoms with Gasteiger partial charge in [0, 0.05) is 0 Å². The molecule has 0 aliphatic rings. The van der Waals surface area contributed by atoms with Gasteiger partial charge in [-0.3, -0.25) is 9.59 Å². The number of ether oxygens (including phenoxy) is 2. The Morgan fingerprint density at radius 1 is 1.29 bits per heavy atom. The molecular formula is C14H15N3O4. The minimum absolute atomic E-state index is 0.178. The molecule has 7 nitrogen and oxygen atoms in total. The molecule has 4 N–H and O–H groups in total. The van der Waals surface area contributed by atoms with Gasteiger partial charge in [0.15, 0.2) is 18.1 Å². The highest BCUT2D eigenvalue weighted by molar-refractivity contribution is 6.00. The maximum absolute atomic E-state index is 11.0. The first-order chi connectivity index (χ1) is 9.97. The number of nitrogens with zero attached hydrogens (tertiary/aromatic N) is 1. The maximum Gasteiger partial charge on any atom is 0.259 e. The number of hydrogen-bond donors (Lipinski definition) is 2. The normalized spacial score (nSPS) is 10.6. The molecule has 0 bridgehead atoms. The lowest BCUT2D eigenvalue weighted by Crippen LogP contribution is -2.20. The van der Waals surface area contributed by atoms with Crippen molar-refractivity contribution in [2.75, 3.05) is 13.2 Å². The minimum Gasteiger partial charge on any atom is -0.490 e. The number of amides is 2. The molecule has 1 aromatic rings. The van der Waals surface area contributed by atoms with Crippen LogP contribution in [0.3, 0.4) is 0 Å². The van der Waals surface area contributed by atoms with Crippen molar-refractivity contribution in [3.63, 3.8) is 0 Å². The second-order valence-electron chi connectivity index (χ2n) is 3.93. The van der Waals surface area contributed by atoms with E-state index in [1.807, 2.05) is 0 Å². The van der Waals surface area contributed by atoms with Gasteiger partial charge >= 0.3 is 0 Å². The average molecular weight is 289 g/mol. The number of primary amides is 2. The molecule has 0 heterocycles. The van der Waals surface area contributed by atoms with Gasteiger partial charge in [0.1, 0.15) is 11.6 Å². The molecule has 0 saturated heterocycles. The highest BCUT2D eigenvalue weighted by Crippen LogP contribution is 2.29. The SMILES string of the molecule is CCOc1cc(C=C(C#N)C(N)=O)ccc1OCC(N)=O. The van der Waals surface area contributed by atoms with Crippen molar-refractivity contribution in [1.29, 1.82) is 5.26 Å². The van der Waals surface area contributed by atoms with E-state index in [1.54, 1.807) is 31.2 Å². The van der Waals surface area contributed by atoms with Gasteiger partial charge in [-0.05, 0) is 30.7 Å². The fourth-order valence-electron chi connectivity index (χ4n) is 1.48. The average Bonchev–Trinajstić information content (AvgIpc) is 2.43. The molecule has 0 fully saturated rings. The van der Waals surface area contributed by atoms with E-state index in [2.05, 4.69) is 0 Å². The Morgan fingerprint density at radius 3 is 2.52 bits per heavy atom. The van der Waals surface area contributed by atoms with Gasteiger partial charge in [0.25, 0.3) is 11.8 Å². The fraction of sp³-hybridized carbons (Fsp3) is 0.214. The van der Waals surface area contributed by atoms with E-state index in [-0.39, 0.29) is 12.2 Å². The van der Waals surface area contributed by atoms with Crippen molar-refractivity contribution in [1.82, 2.24) is 0 Å². The quantitative estimate of drug-likeness (QED) is 0.552. The summed E-state index contributed by atoms with van der Waals surface area (Å²) in [7, 11) is 0. The zero-order valence-corrected chi connectivity index (χ0v) is 11.5. The number of nitrogens with two attached hydrogens (primary N) is 2. The summed E-state index contributed by atoms with van der Waals surface area (Å²) in [5.74, 6) is -0.717. The largest absolute Gasteiger partial charge is 0.490 e. The van der Waals surface area contributed by atoms with Gasteiger partial charge in [-0.15, -0.1) is 0 Å². The minimum atomic E-state index is -0.815. The van der Waals surface area contributed by atoms with Crippen molar-refractivity contribution in [2.24, 2.45) is 11.5 Å². The van der Waals surface area contributed by atoms with Crippen LogP contribution in [0.1, 0.15) is 12.5 Å². The smallest absolute Gasteiger partial charge is 0.259 e. The fourth-order valence-corrected chi connectivity index (χ4v) is 1.48. The summed E-state index contributed by atoms with van der Waals surface area (Å²) in [5.41, 5.74) is 10.4. The number of hydrogen-bond acceptors (Lipinski definition) is 5. The Hall–Kier alpha value is -3.01. The van der Waals surface area contributed by atoms with E-state index >= 15 is 0 Å². The summed E-state index contributed by atoms with van der Waals surface area (Å²) in [6.45, 7) is 1.88. The van der Waals surface area contributed by atoms with Crippen LogP contribution in [0, 0.1) is 11.3 Å². The van der Waals surface area contributed by atoms with E-state index in [4.69, 9.17) is 26.2 Å². The van der Waals surface area contributed by atoms with Crippen molar-refractivity contribution < 1.29 is 19.1 Å². The Bertz CT molecular complexity index is 617. The van der Waals surface area contributed by atoms with Crippen LogP contribution in [0.2, 0.25) is 0 Å². The molecule has 1 rings (SSSR count). The third-order valence-corrected chi connectivity index (χ3v) is 2.33. The molecule has 0 aliphatic carbocycles. The summed E-state index contributed by atoms with van der Waals surface area (Å²) < 4.78 is 10.6. The van der Waals surface area contributed by atoms with Crippen molar-refractivity contribution >= 4 is 17.9 Å². The summed E-state index contributed by atoms with van der Waals surface area (Å²) in [6, 6.07) is 6.43. The summed E-state index contributed by atoms with van der Waals surface area (Å²) in [4.78, 5) is 21.7. The van der Waals surface area contributed by atoms with Gasteiger partial charge in [-0.25, -0.2) is 0 Å². The lowest BCUT2D eigenvalue weighted by atomic mass is 10.1. The van der Waals surface area contributed by atoms with Crippen LogP contribution in [-0.4, -0.2) is 25.0 Å². The predicted molar refractivity (Wildman–Crippen MR) is 75.1 cm³/mol. The summed E-state index contributed by atoms with van der Waals surface area (Å²) in [6.07, 6.45) is 1.34. The topological polar surface area (TPSA) is 128 Å². The first-order valence-electron chi connectivity index (χ1n) is 6.07. The third kappa shape index (κ3) is 4.87. The number of benzene rings is 1. The van der Waals surface area contributed by atoms with Gasteiger partial charge < -0.3 is 20.9 Å². The Balaban J connectivity index is 3.10. The third-order valence-electron chi connectivity index (χ3n) is 2.33. The van der Waals surface area contributed by atoms with Crippen LogP contribution in [0.5, 0.6) is 11.5 Å². The Labute approximate surface area is 121 Å². The van der Waals surface area contributed by atoms with Gasteiger partial charge in [0.2, 0.25) is 0 Å². The lowest BCUT2D eigenvalue weighted by Gasteiger charge is -2.11. The molecule has 0 aromatic heterocycles. The number of carbonyl (C=O) groups excluding carboxylic acids is 2. The van der Waals surface area contributed by atoms with E-state index < -0.39 is 11.8 Å². The summed E-state index contributed by atoms with van der Waals surface area (Å²) >= 11 is 0. The molecular weight excluding hydrogens is 274 g/mol. The number of carbonyl (C=O) groups is 2.